The van der Waals surface area contributed by atoms with Crippen molar-refractivity contribution >= 4 is 25.8 Å². The summed E-state index contributed by atoms with van der Waals surface area (Å²) in [7, 11) is -0.402. The van der Waals surface area contributed by atoms with Gasteiger partial charge in [-0.25, -0.2) is 8.42 Å². The van der Waals surface area contributed by atoms with Crippen LogP contribution in [0.15, 0.2) is 16.6 Å². The molecule has 1 rings (SSSR count). The highest BCUT2D eigenvalue weighted by Crippen LogP contribution is 2.40. The molecular formula is C12H17BrO5S. The Labute approximate surface area is 121 Å². The van der Waals surface area contributed by atoms with Crippen LogP contribution < -0.4 is 9.47 Å². The van der Waals surface area contributed by atoms with E-state index in [0.717, 1.165) is 6.26 Å². The molecule has 1 N–H and O–H groups in total. The summed E-state index contributed by atoms with van der Waals surface area (Å²) in [5.41, 5.74) is 0.396. The minimum Gasteiger partial charge on any atom is -0.495 e. The van der Waals surface area contributed by atoms with Gasteiger partial charge in [0.15, 0.2) is 9.84 Å². The zero-order valence-electron chi connectivity index (χ0n) is 11.2. The Bertz CT molecular complexity index is 555. The zero-order valence-corrected chi connectivity index (χ0v) is 13.6. The molecule has 7 heteroatoms. The minimum atomic E-state index is -3.36. The molecule has 0 bridgehead atoms. The first-order chi connectivity index (χ1) is 8.73. The molecule has 19 heavy (non-hydrogen) atoms. The Morgan fingerprint density at radius 1 is 1.26 bits per heavy atom. The lowest BCUT2D eigenvalue weighted by Crippen LogP contribution is -2.24. The van der Waals surface area contributed by atoms with Gasteiger partial charge in [-0.2, -0.15) is 0 Å². The number of hydrogen-bond donors (Lipinski definition) is 1. The summed E-state index contributed by atoms with van der Waals surface area (Å²) in [5, 5.41) is 9.27. The molecule has 0 aliphatic heterocycles. The van der Waals surface area contributed by atoms with Crippen molar-refractivity contribution in [3.63, 3.8) is 0 Å². The molecule has 0 amide bonds. The van der Waals surface area contributed by atoms with Crippen LogP contribution in [0.4, 0.5) is 0 Å². The Morgan fingerprint density at radius 2 is 1.84 bits per heavy atom. The predicted octanol–water partition coefficient (Wildman–Crippen LogP) is 1.93. The quantitative estimate of drug-likeness (QED) is 0.876. The number of aliphatic hydroxyl groups is 1. The van der Waals surface area contributed by atoms with Crippen molar-refractivity contribution in [2.75, 3.05) is 20.5 Å². The first-order valence-corrected chi connectivity index (χ1v) is 8.26. The fourth-order valence-corrected chi connectivity index (χ4v) is 2.94. The van der Waals surface area contributed by atoms with E-state index < -0.39 is 21.2 Å². The van der Waals surface area contributed by atoms with Crippen molar-refractivity contribution in [3.05, 3.63) is 22.2 Å². The van der Waals surface area contributed by atoms with E-state index in [4.69, 9.17) is 9.47 Å². The van der Waals surface area contributed by atoms with Crippen molar-refractivity contribution in [3.8, 4) is 11.5 Å². The number of benzene rings is 1. The van der Waals surface area contributed by atoms with E-state index in [2.05, 4.69) is 15.9 Å². The van der Waals surface area contributed by atoms with E-state index in [0.29, 0.717) is 21.5 Å². The molecule has 5 nitrogen and oxygen atoms in total. The molecule has 0 aliphatic carbocycles. The third-order valence-corrected chi connectivity index (χ3v) is 5.31. The number of ether oxygens (including phenoxy) is 2. The van der Waals surface area contributed by atoms with Gasteiger partial charge in [0.25, 0.3) is 0 Å². The molecule has 2 unspecified atom stereocenters. The Kier molecular flexibility index (Phi) is 5.23. The fourth-order valence-electron chi connectivity index (χ4n) is 1.64. The highest BCUT2D eigenvalue weighted by atomic mass is 79.9. The highest BCUT2D eigenvalue weighted by molar-refractivity contribution is 9.10. The smallest absolute Gasteiger partial charge is 0.152 e. The fraction of sp³-hybridized carbons (Fsp3) is 0.500. The Morgan fingerprint density at radius 3 is 2.26 bits per heavy atom. The van der Waals surface area contributed by atoms with Crippen LogP contribution >= 0.6 is 15.9 Å². The van der Waals surface area contributed by atoms with E-state index in [-0.39, 0.29) is 0 Å². The monoisotopic (exact) mass is 352 g/mol. The molecular weight excluding hydrogens is 336 g/mol. The van der Waals surface area contributed by atoms with Gasteiger partial charge in [-0.05, 0) is 35.0 Å². The number of rotatable bonds is 5. The van der Waals surface area contributed by atoms with Gasteiger partial charge in [-0.3, -0.25) is 0 Å². The molecule has 0 aliphatic rings. The van der Waals surface area contributed by atoms with Crippen LogP contribution in [-0.2, 0) is 9.84 Å². The zero-order chi connectivity index (χ0) is 14.8. The SMILES string of the molecule is COc1ccc(C(O)C(C)S(C)(=O)=O)c(OC)c1Br. The number of halogens is 1. The second kappa shape index (κ2) is 6.11. The maximum atomic E-state index is 11.5. The molecule has 1 aromatic rings. The maximum absolute atomic E-state index is 11.5. The molecule has 0 saturated carbocycles. The molecule has 1 aromatic carbocycles. The lowest BCUT2D eigenvalue weighted by atomic mass is 10.1. The summed E-state index contributed by atoms with van der Waals surface area (Å²) in [6.45, 7) is 1.46. The predicted molar refractivity (Wildman–Crippen MR) is 76.5 cm³/mol. The molecule has 0 radical (unpaired) electrons. The van der Waals surface area contributed by atoms with Gasteiger partial charge in [0, 0.05) is 11.8 Å². The van der Waals surface area contributed by atoms with Crippen LogP contribution in [0.2, 0.25) is 0 Å². The average Bonchev–Trinajstić information content (AvgIpc) is 2.35. The van der Waals surface area contributed by atoms with Crippen molar-refractivity contribution in [2.24, 2.45) is 0 Å². The molecule has 0 saturated heterocycles. The van der Waals surface area contributed by atoms with Gasteiger partial charge in [0.2, 0.25) is 0 Å². The maximum Gasteiger partial charge on any atom is 0.152 e. The van der Waals surface area contributed by atoms with Crippen molar-refractivity contribution in [2.45, 2.75) is 18.3 Å². The van der Waals surface area contributed by atoms with Crippen LogP contribution in [0.1, 0.15) is 18.6 Å². The normalized spacial score (nSPS) is 14.8. The summed E-state index contributed by atoms with van der Waals surface area (Å²) in [6.07, 6.45) is -0.0847. The number of hydrogen-bond acceptors (Lipinski definition) is 5. The Hall–Kier alpha value is -0.790. The third kappa shape index (κ3) is 3.40. The summed E-state index contributed by atoms with van der Waals surface area (Å²) in [4.78, 5) is 0. The van der Waals surface area contributed by atoms with Gasteiger partial charge < -0.3 is 14.6 Å². The Balaban J connectivity index is 3.32. The first-order valence-electron chi connectivity index (χ1n) is 5.51. The highest BCUT2D eigenvalue weighted by Gasteiger charge is 2.29. The molecule has 0 spiro atoms. The van der Waals surface area contributed by atoms with Crippen LogP contribution in [0, 0.1) is 0 Å². The van der Waals surface area contributed by atoms with E-state index >= 15 is 0 Å². The number of aliphatic hydroxyl groups excluding tert-OH is 1. The van der Waals surface area contributed by atoms with Gasteiger partial charge in [0.05, 0.1) is 25.6 Å². The van der Waals surface area contributed by atoms with Gasteiger partial charge in [-0.1, -0.05) is 0 Å². The van der Waals surface area contributed by atoms with E-state index in [1.165, 1.54) is 21.1 Å². The summed E-state index contributed by atoms with van der Waals surface area (Å²) in [6, 6.07) is 3.23. The standard InChI is InChI=1S/C12H17BrO5S/c1-7(19(4,15)16)11(14)8-5-6-9(17-2)10(13)12(8)18-3/h5-7,11,14H,1-4H3. The molecule has 0 aromatic heterocycles. The van der Waals surface area contributed by atoms with Crippen molar-refractivity contribution < 1.29 is 23.0 Å². The van der Waals surface area contributed by atoms with Crippen LogP contribution in [0.25, 0.3) is 0 Å². The van der Waals surface area contributed by atoms with E-state index in [1.54, 1.807) is 12.1 Å². The van der Waals surface area contributed by atoms with E-state index in [1.807, 2.05) is 0 Å². The van der Waals surface area contributed by atoms with Crippen LogP contribution in [0.3, 0.4) is 0 Å². The molecule has 0 heterocycles. The number of methoxy groups -OCH3 is 2. The van der Waals surface area contributed by atoms with Gasteiger partial charge in [-0.15, -0.1) is 0 Å². The minimum absolute atomic E-state index is 0.363. The van der Waals surface area contributed by atoms with Gasteiger partial charge in [0.1, 0.15) is 16.0 Å². The summed E-state index contributed by atoms with van der Waals surface area (Å²) in [5.74, 6) is 0.905. The first kappa shape index (κ1) is 16.3. The van der Waals surface area contributed by atoms with Crippen molar-refractivity contribution in [1.29, 1.82) is 0 Å². The summed E-state index contributed by atoms with van der Waals surface area (Å²) >= 11 is 3.31. The topological polar surface area (TPSA) is 72.8 Å². The van der Waals surface area contributed by atoms with E-state index in [9.17, 15) is 13.5 Å². The lowest BCUT2D eigenvalue weighted by molar-refractivity contribution is 0.171. The van der Waals surface area contributed by atoms with Crippen LogP contribution in [-0.4, -0.2) is 39.2 Å². The average molecular weight is 353 g/mol. The molecule has 2 atom stereocenters. The van der Waals surface area contributed by atoms with Crippen molar-refractivity contribution in [1.82, 2.24) is 0 Å². The summed E-state index contributed by atoms with van der Waals surface area (Å²) < 4.78 is 33.9. The second-order valence-corrected chi connectivity index (χ2v) is 7.38. The molecule has 108 valence electrons. The van der Waals surface area contributed by atoms with Gasteiger partial charge >= 0.3 is 0 Å². The lowest BCUT2D eigenvalue weighted by Gasteiger charge is -2.21. The second-order valence-electron chi connectivity index (χ2n) is 4.18. The third-order valence-electron chi connectivity index (χ3n) is 2.95. The van der Waals surface area contributed by atoms with Crippen LogP contribution in [0.5, 0.6) is 11.5 Å². The molecule has 0 fully saturated rings. The largest absolute Gasteiger partial charge is 0.495 e. The number of sulfone groups is 1.